The molecular weight excluding hydrogens is 244 g/mol. The Morgan fingerprint density at radius 1 is 0.450 bits per heavy atom. The van der Waals surface area contributed by atoms with Crippen molar-refractivity contribution in [1.82, 2.24) is 0 Å². The molecule has 20 heavy (non-hydrogen) atoms. The molecule has 4 aromatic carbocycles. The Kier molecular flexibility index (Phi) is 2.15. The van der Waals surface area contributed by atoms with E-state index in [-0.39, 0.29) is 0 Å². The Hall–Kier alpha value is -2.74. The molecule has 0 atom stereocenters. The first-order chi connectivity index (χ1) is 9.75. The first-order valence-corrected chi connectivity index (χ1v) is 6.64. The zero-order chi connectivity index (χ0) is 13.7. The molecule has 0 aliphatic rings. The molecule has 0 heterocycles. The molecule has 2 nitrogen and oxygen atoms in total. The Labute approximate surface area is 116 Å². The molecule has 0 aromatic heterocycles. The SMILES string of the molecule is Nc1cc2c3ccccc3c(N)cc2c2ccccc12. The fourth-order valence-electron chi connectivity index (χ4n) is 3.01. The molecule has 0 unspecified atom stereocenters. The maximum absolute atomic E-state index is 6.22. The number of nitrogens with two attached hydrogens (primary N) is 2. The van der Waals surface area contributed by atoms with E-state index in [0.717, 1.165) is 43.7 Å². The second-order valence-corrected chi connectivity index (χ2v) is 5.12. The van der Waals surface area contributed by atoms with Gasteiger partial charge in [-0.05, 0) is 33.7 Å². The molecule has 4 rings (SSSR count). The van der Waals surface area contributed by atoms with Crippen LogP contribution in [0.4, 0.5) is 11.4 Å². The standard InChI is InChI=1S/C18H14N2/c19-17-10-16-12-6-2-4-8-14(12)18(20)9-15(16)11-5-1-3-7-13(11)17/h1-10H,19-20H2. The summed E-state index contributed by atoms with van der Waals surface area (Å²) in [6.07, 6.45) is 0. The van der Waals surface area contributed by atoms with Gasteiger partial charge in [-0.3, -0.25) is 0 Å². The quantitative estimate of drug-likeness (QED) is 0.365. The minimum Gasteiger partial charge on any atom is -0.398 e. The van der Waals surface area contributed by atoms with Gasteiger partial charge in [-0.15, -0.1) is 0 Å². The molecule has 2 heteroatoms. The number of fused-ring (bicyclic) bond motifs is 5. The third kappa shape index (κ3) is 1.39. The van der Waals surface area contributed by atoms with E-state index in [1.165, 1.54) is 0 Å². The van der Waals surface area contributed by atoms with Crippen LogP contribution in [-0.2, 0) is 0 Å². The first kappa shape index (κ1) is 11.1. The Balaban J connectivity index is 2.36. The van der Waals surface area contributed by atoms with Crippen LogP contribution in [0.25, 0.3) is 32.3 Å². The summed E-state index contributed by atoms with van der Waals surface area (Å²) in [6.45, 7) is 0. The van der Waals surface area contributed by atoms with Crippen molar-refractivity contribution in [2.24, 2.45) is 0 Å². The van der Waals surface area contributed by atoms with Crippen molar-refractivity contribution in [3.63, 3.8) is 0 Å². The summed E-state index contributed by atoms with van der Waals surface area (Å²) >= 11 is 0. The molecule has 4 N–H and O–H groups in total. The lowest BCUT2D eigenvalue weighted by atomic mass is 9.95. The topological polar surface area (TPSA) is 52.0 Å². The molecule has 0 bridgehead atoms. The van der Waals surface area contributed by atoms with Crippen molar-refractivity contribution in [1.29, 1.82) is 0 Å². The highest BCUT2D eigenvalue weighted by atomic mass is 14.6. The van der Waals surface area contributed by atoms with Gasteiger partial charge in [0.25, 0.3) is 0 Å². The van der Waals surface area contributed by atoms with E-state index in [2.05, 4.69) is 36.4 Å². The Morgan fingerprint density at radius 2 is 0.800 bits per heavy atom. The number of hydrogen-bond donors (Lipinski definition) is 2. The van der Waals surface area contributed by atoms with Crippen LogP contribution in [0.15, 0.2) is 60.7 Å². The van der Waals surface area contributed by atoms with Crippen LogP contribution < -0.4 is 11.5 Å². The molecule has 0 fully saturated rings. The second-order valence-electron chi connectivity index (χ2n) is 5.12. The van der Waals surface area contributed by atoms with Gasteiger partial charge in [0.15, 0.2) is 0 Å². The largest absolute Gasteiger partial charge is 0.398 e. The molecule has 0 aliphatic heterocycles. The van der Waals surface area contributed by atoms with E-state index in [1.54, 1.807) is 0 Å². The fourth-order valence-corrected chi connectivity index (χ4v) is 3.01. The fraction of sp³-hybridized carbons (Fsp3) is 0. The second kappa shape index (κ2) is 3.87. The smallest absolute Gasteiger partial charge is 0.0400 e. The van der Waals surface area contributed by atoms with Crippen molar-refractivity contribution in [3.8, 4) is 0 Å². The highest BCUT2D eigenvalue weighted by Gasteiger charge is 2.09. The molecule has 0 radical (unpaired) electrons. The zero-order valence-corrected chi connectivity index (χ0v) is 10.9. The van der Waals surface area contributed by atoms with E-state index >= 15 is 0 Å². The van der Waals surface area contributed by atoms with Gasteiger partial charge in [0.1, 0.15) is 0 Å². The van der Waals surface area contributed by atoms with Crippen LogP contribution in [0.5, 0.6) is 0 Å². The summed E-state index contributed by atoms with van der Waals surface area (Å²) < 4.78 is 0. The number of benzene rings is 4. The lowest BCUT2D eigenvalue weighted by Gasteiger charge is -2.11. The van der Waals surface area contributed by atoms with Gasteiger partial charge in [0, 0.05) is 22.1 Å². The lowest BCUT2D eigenvalue weighted by Crippen LogP contribution is -1.92. The molecular formula is C18H14N2. The highest BCUT2D eigenvalue weighted by molar-refractivity contribution is 6.22. The van der Waals surface area contributed by atoms with Crippen molar-refractivity contribution >= 4 is 43.7 Å². The van der Waals surface area contributed by atoms with Gasteiger partial charge in [0.05, 0.1) is 0 Å². The predicted molar refractivity (Wildman–Crippen MR) is 87.8 cm³/mol. The van der Waals surface area contributed by atoms with Crippen LogP contribution in [0.1, 0.15) is 0 Å². The summed E-state index contributed by atoms with van der Waals surface area (Å²) in [4.78, 5) is 0. The molecule has 0 spiro atoms. The highest BCUT2D eigenvalue weighted by Crippen LogP contribution is 2.37. The minimum absolute atomic E-state index is 0.808. The predicted octanol–water partition coefficient (Wildman–Crippen LogP) is 4.31. The Morgan fingerprint density at radius 3 is 1.20 bits per heavy atom. The van der Waals surface area contributed by atoms with Gasteiger partial charge in [-0.1, -0.05) is 48.5 Å². The molecule has 0 saturated heterocycles. The molecule has 4 aromatic rings. The average Bonchev–Trinajstić information content (AvgIpc) is 2.49. The summed E-state index contributed by atoms with van der Waals surface area (Å²) in [5, 5.41) is 6.78. The summed E-state index contributed by atoms with van der Waals surface area (Å²) in [5.41, 5.74) is 14.1. The van der Waals surface area contributed by atoms with Crippen LogP contribution in [0, 0.1) is 0 Å². The zero-order valence-electron chi connectivity index (χ0n) is 10.9. The van der Waals surface area contributed by atoms with Crippen molar-refractivity contribution in [2.75, 3.05) is 11.5 Å². The third-order valence-electron chi connectivity index (χ3n) is 3.95. The third-order valence-corrected chi connectivity index (χ3v) is 3.95. The van der Waals surface area contributed by atoms with Gasteiger partial charge < -0.3 is 11.5 Å². The van der Waals surface area contributed by atoms with Gasteiger partial charge in [-0.25, -0.2) is 0 Å². The van der Waals surface area contributed by atoms with Crippen LogP contribution in [0.2, 0.25) is 0 Å². The van der Waals surface area contributed by atoms with E-state index in [4.69, 9.17) is 11.5 Å². The summed E-state index contributed by atoms with van der Waals surface area (Å²) in [5.74, 6) is 0. The molecule has 0 aliphatic carbocycles. The van der Waals surface area contributed by atoms with Crippen LogP contribution in [-0.4, -0.2) is 0 Å². The Bertz CT molecular complexity index is 890. The number of anilines is 2. The van der Waals surface area contributed by atoms with E-state index in [9.17, 15) is 0 Å². The number of rotatable bonds is 0. The van der Waals surface area contributed by atoms with E-state index in [0.29, 0.717) is 0 Å². The number of nitrogen functional groups attached to an aromatic ring is 2. The normalized spacial score (nSPS) is 11.4. The van der Waals surface area contributed by atoms with Crippen molar-refractivity contribution in [2.45, 2.75) is 0 Å². The molecule has 0 amide bonds. The monoisotopic (exact) mass is 258 g/mol. The van der Waals surface area contributed by atoms with E-state index in [1.807, 2.05) is 24.3 Å². The minimum atomic E-state index is 0.808. The van der Waals surface area contributed by atoms with Gasteiger partial charge in [-0.2, -0.15) is 0 Å². The molecule has 96 valence electrons. The summed E-state index contributed by atoms with van der Waals surface area (Å²) in [7, 11) is 0. The maximum Gasteiger partial charge on any atom is 0.0400 e. The van der Waals surface area contributed by atoms with Crippen molar-refractivity contribution < 1.29 is 0 Å². The average molecular weight is 258 g/mol. The van der Waals surface area contributed by atoms with Crippen LogP contribution in [0.3, 0.4) is 0 Å². The number of hydrogen-bond acceptors (Lipinski definition) is 2. The van der Waals surface area contributed by atoms with Crippen LogP contribution >= 0.6 is 0 Å². The summed E-state index contributed by atoms with van der Waals surface area (Å²) in [6, 6.07) is 20.5. The van der Waals surface area contributed by atoms with E-state index < -0.39 is 0 Å². The first-order valence-electron chi connectivity index (χ1n) is 6.64. The van der Waals surface area contributed by atoms with Crippen molar-refractivity contribution in [3.05, 3.63) is 60.7 Å². The maximum atomic E-state index is 6.22. The lowest BCUT2D eigenvalue weighted by molar-refractivity contribution is 1.75. The van der Waals surface area contributed by atoms with Gasteiger partial charge >= 0.3 is 0 Å². The molecule has 0 saturated carbocycles. The van der Waals surface area contributed by atoms with Gasteiger partial charge in [0.2, 0.25) is 0 Å².